The van der Waals surface area contributed by atoms with Gasteiger partial charge in [0.15, 0.2) is 0 Å². The molecule has 0 bridgehead atoms. The summed E-state index contributed by atoms with van der Waals surface area (Å²) < 4.78 is 42.0. The van der Waals surface area contributed by atoms with Crippen LogP contribution in [0.4, 0.5) is 13.2 Å². The first-order chi connectivity index (χ1) is 8.34. The zero-order valence-electron chi connectivity index (χ0n) is 9.67. The Bertz CT molecular complexity index is 455. The Morgan fingerprint density at radius 2 is 2.06 bits per heavy atom. The molecule has 0 aliphatic heterocycles. The molecule has 3 nitrogen and oxygen atoms in total. The molecule has 1 aromatic rings. The lowest BCUT2D eigenvalue weighted by Crippen LogP contribution is -2.12. The number of benzene rings is 1. The number of nitrogens with one attached hydrogen (secondary N) is 1. The average Bonchev–Trinajstić information content (AvgIpc) is 2.28. The predicted molar refractivity (Wildman–Crippen MR) is 59.5 cm³/mol. The SMILES string of the molecule is CCOC(=O)CC(=N)c1cccc(C(F)(F)F)c1. The second-order valence-corrected chi connectivity index (χ2v) is 3.54. The summed E-state index contributed by atoms with van der Waals surface area (Å²) >= 11 is 0. The molecule has 0 saturated carbocycles. The summed E-state index contributed by atoms with van der Waals surface area (Å²) in [5, 5.41) is 7.57. The van der Waals surface area contributed by atoms with Gasteiger partial charge in [0, 0.05) is 5.71 Å². The van der Waals surface area contributed by atoms with Crippen LogP contribution in [0.1, 0.15) is 24.5 Å². The lowest BCUT2D eigenvalue weighted by atomic mass is 10.0. The summed E-state index contributed by atoms with van der Waals surface area (Å²) in [5.74, 6) is -0.625. The molecule has 1 aromatic carbocycles. The minimum Gasteiger partial charge on any atom is -0.466 e. The van der Waals surface area contributed by atoms with E-state index in [0.29, 0.717) is 0 Å². The molecule has 18 heavy (non-hydrogen) atoms. The summed E-state index contributed by atoms with van der Waals surface area (Å²) in [6, 6.07) is 4.33. The fraction of sp³-hybridized carbons (Fsp3) is 0.333. The first kappa shape index (κ1) is 14.2. The highest BCUT2D eigenvalue weighted by Gasteiger charge is 2.30. The molecule has 98 valence electrons. The van der Waals surface area contributed by atoms with Gasteiger partial charge in [-0.2, -0.15) is 13.2 Å². The van der Waals surface area contributed by atoms with E-state index >= 15 is 0 Å². The zero-order chi connectivity index (χ0) is 13.8. The van der Waals surface area contributed by atoms with Crippen LogP contribution in [0, 0.1) is 5.41 Å². The molecule has 0 saturated heterocycles. The molecule has 0 spiro atoms. The first-order valence-corrected chi connectivity index (χ1v) is 5.25. The van der Waals surface area contributed by atoms with E-state index in [9.17, 15) is 18.0 Å². The van der Waals surface area contributed by atoms with Gasteiger partial charge in [-0.3, -0.25) is 4.79 Å². The van der Waals surface area contributed by atoms with Gasteiger partial charge in [0.2, 0.25) is 0 Å². The topological polar surface area (TPSA) is 50.2 Å². The third-order valence-corrected chi connectivity index (χ3v) is 2.16. The molecule has 6 heteroatoms. The predicted octanol–water partition coefficient (Wildman–Crippen LogP) is 3.03. The summed E-state index contributed by atoms with van der Waals surface area (Å²) in [5.41, 5.74) is -0.967. The van der Waals surface area contributed by atoms with E-state index in [2.05, 4.69) is 4.74 Å². The maximum absolute atomic E-state index is 12.5. The molecule has 0 aromatic heterocycles. The van der Waals surface area contributed by atoms with E-state index in [-0.39, 0.29) is 24.3 Å². The molecule has 0 aliphatic rings. The Labute approximate surface area is 102 Å². The number of carbonyl (C=O) groups excluding carboxylic acids is 1. The molecule has 0 unspecified atom stereocenters. The lowest BCUT2D eigenvalue weighted by molar-refractivity contribution is -0.141. The van der Waals surface area contributed by atoms with E-state index in [0.717, 1.165) is 12.1 Å². The molecular formula is C12H12F3NO2. The van der Waals surface area contributed by atoms with E-state index in [1.54, 1.807) is 6.92 Å². The van der Waals surface area contributed by atoms with Gasteiger partial charge in [-0.05, 0) is 24.6 Å². The van der Waals surface area contributed by atoms with Crippen molar-refractivity contribution in [2.24, 2.45) is 0 Å². The summed E-state index contributed by atoms with van der Waals surface area (Å²) in [6.07, 6.45) is -4.80. The number of ether oxygens (including phenoxy) is 1. The van der Waals surface area contributed by atoms with E-state index in [4.69, 9.17) is 5.41 Å². The van der Waals surface area contributed by atoms with Crippen molar-refractivity contribution in [1.82, 2.24) is 0 Å². The van der Waals surface area contributed by atoms with Gasteiger partial charge in [-0.1, -0.05) is 12.1 Å². The molecule has 0 heterocycles. The van der Waals surface area contributed by atoms with Gasteiger partial charge in [-0.25, -0.2) is 0 Å². The van der Waals surface area contributed by atoms with Crippen molar-refractivity contribution in [3.63, 3.8) is 0 Å². The number of hydrogen-bond acceptors (Lipinski definition) is 3. The Hall–Kier alpha value is -1.85. The molecule has 1 N–H and O–H groups in total. The van der Waals surface area contributed by atoms with Crippen LogP contribution in [-0.4, -0.2) is 18.3 Å². The Balaban J connectivity index is 2.84. The van der Waals surface area contributed by atoms with Crippen molar-refractivity contribution in [2.45, 2.75) is 19.5 Å². The minimum atomic E-state index is -4.46. The highest BCUT2D eigenvalue weighted by atomic mass is 19.4. The highest BCUT2D eigenvalue weighted by Crippen LogP contribution is 2.29. The Morgan fingerprint density at radius 3 is 2.61 bits per heavy atom. The maximum atomic E-state index is 12.5. The molecule has 0 fully saturated rings. The summed E-state index contributed by atoms with van der Waals surface area (Å²) in [6.45, 7) is 1.79. The van der Waals surface area contributed by atoms with Crippen molar-refractivity contribution < 1.29 is 22.7 Å². The van der Waals surface area contributed by atoms with Crippen LogP contribution in [0.5, 0.6) is 0 Å². The summed E-state index contributed by atoms with van der Waals surface area (Å²) in [7, 11) is 0. The van der Waals surface area contributed by atoms with Crippen molar-refractivity contribution in [1.29, 1.82) is 5.41 Å². The standard InChI is InChI=1S/C12H12F3NO2/c1-2-18-11(17)7-10(16)8-4-3-5-9(6-8)12(13,14)15/h3-6,16H,2,7H2,1H3. The maximum Gasteiger partial charge on any atom is 0.416 e. The van der Waals surface area contributed by atoms with Gasteiger partial charge < -0.3 is 10.1 Å². The second kappa shape index (κ2) is 5.66. The molecule has 0 aliphatic carbocycles. The van der Waals surface area contributed by atoms with Gasteiger partial charge in [0.05, 0.1) is 18.6 Å². The van der Waals surface area contributed by atoms with Gasteiger partial charge in [0.1, 0.15) is 0 Å². The lowest BCUT2D eigenvalue weighted by Gasteiger charge is -2.09. The third kappa shape index (κ3) is 3.87. The number of hydrogen-bond donors (Lipinski definition) is 1. The molecule has 0 radical (unpaired) electrons. The van der Waals surface area contributed by atoms with Crippen LogP contribution in [0.25, 0.3) is 0 Å². The van der Waals surface area contributed by atoms with Crippen LogP contribution in [0.15, 0.2) is 24.3 Å². The normalized spacial score (nSPS) is 11.1. The first-order valence-electron chi connectivity index (χ1n) is 5.25. The Kier molecular flexibility index (Phi) is 4.47. The number of esters is 1. The number of rotatable bonds is 4. The van der Waals surface area contributed by atoms with Gasteiger partial charge in [0.25, 0.3) is 0 Å². The molecule has 0 amide bonds. The quantitative estimate of drug-likeness (QED) is 0.667. The molecule has 0 atom stereocenters. The monoisotopic (exact) mass is 259 g/mol. The largest absolute Gasteiger partial charge is 0.466 e. The van der Waals surface area contributed by atoms with Crippen molar-refractivity contribution in [3.8, 4) is 0 Å². The Morgan fingerprint density at radius 1 is 1.39 bits per heavy atom. The molecular weight excluding hydrogens is 247 g/mol. The fourth-order valence-corrected chi connectivity index (χ4v) is 1.34. The van der Waals surface area contributed by atoms with E-state index in [1.807, 2.05) is 0 Å². The van der Waals surface area contributed by atoms with E-state index in [1.165, 1.54) is 12.1 Å². The highest BCUT2D eigenvalue weighted by molar-refractivity contribution is 6.07. The molecule has 1 rings (SSSR count). The third-order valence-electron chi connectivity index (χ3n) is 2.16. The minimum absolute atomic E-state index is 0.0675. The van der Waals surface area contributed by atoms with Crippen LogP contribution in [-0.2, 0) is 15.7 Å². The van der Waals surface area contributed by atoms with Crippen LogP contribution in [0.2, 0.25) is 0 Å². The van der Waals surface area contributed by atoms with Crippen molar-refractivity contribution in [3.05, 3.63) is 35.4 Å². The number of alkyl halides is 3. The van der Waals surface area contributed by atoms with E-state index < -0.39 is 17.7 Å². The second-order valence-electron chi connectivity index (χ2n) is 3.54. The summed E-state index contributed by atoms with van der Waals surface area (Å²) in [4.78, 5) is 11.1. The van der Waals surface area contributed by atoms with Gasteiger partial charge in [-0.15, -0.1) is 0 Å². The van der Waals surface area contributed by atoms with Crippen LogP contribution in [0.3, 0.4) is 0 Å². The van der Waals surface area contributed by atoms with Crippen LogP contribution >= 0.6 is 0 Å². The average molecular weight is 259 g/mol. The van der Waals surface area contributed by atoms with Gasteiger partial charge >= 0.3 is 12.1 Å². The van der Waals surface area contributed by atoms with Crippen molar-refractivity contribution in [2.75, 3.05) is 6.61 Å². The number of halogens is 3. The van der Waals surface area contributed by atoms with Crippen molar-refractivity contribution >= 4 is 11.7 Å². The zero-order valence-corrected chi connectivity index (χ0v) is 9.67. The smallest absolute Gasteiger partial charge is 0.416 e. The number of carbonyl (C=O) groups is 1. The fourth-order valence-electron chi connectivity index (χ4n) is 1.34. The van der Waals surface area contributed by atoms with Crippen LogP contribution < -0.4 is 0 Å².